The maximum atomic E-state index is 14.0. The average molecular weight is 809 g/mol. The van der Waals surface area contributed by atoms with E-state index in [1.54, 1.807) is 53.4 Å². The van der Waals surface area contributed by atoms with Crippen molar-refractivity contribution in [1.29, 1.82) is 0 Å². The van der Waals surface area contributed by atoms with Gasteiger partial charge < -0.3 is 15.2 Å². The van der Waals surface area contributed by atoms with Crippen molar-refractivity contribution in [2.45, 2.75) is 16.7 Å². The van der Waals surface area contributed by atoms with E-state index in [9.17, 15) is 23.1 Å². The molecule has 7 rings (SSSR count). The number of methoxy groups -OCH3 is 1. The summed E-state index contributed by atoms with van der Waals surface area (Å²) in [6.07, 6.45) is 0.00255. The Morgan fingerprint density at radius 3 is 2.40 bits per heavy atom. The van der Waals surface area contributed by atoms with Crippen molar-refractivity contribution >= 4 is 90.5 Å². The van der Waals surface area contributed by atoms with Gasteiger partial charge in [-0.15, -0.1) is 11.8 Å². The second-order valence-electron chi connectivity index (χ2n) is 11.8. The molecule has 1 unspecified atom stereocenters. The number of para-hydroxylation sites is 2. The van der Waals surface area contributed by atoms with Gasteiger partial charge in [-0.1, -0.05) is 65.1 Å². The molecule has 6 aromatic rings. The summed E-state index contributed by atoms with van der Waals surface area (Å²) in [5.74, 6) is 0.336. The van der Waals surface area contributed by atoms with E-state index in [1.165, 1.54) is 67.4 Å². The second-order valence-corrected chi connectivity index (χ2v) is 15.8. The molecular weight excluding hydrogens is 781 g/mol. The smallest absolute Gasteiger partial charge is 0.280 e. The van der Waals surface area contributed by atoms with Gasteiger partial charge in [-0.25, -0.2) is 9.82 Å². The number of sulfonamides is 1. The number of hydrogen-bond acceptors (Lipinski definition) is 9. The topological polar surface area (TPSA) is 143 Å². The number of aromatic hydroxyl groups is 1. The Morgan fingerprint density at radius 2 is 1.66 bits per heavy atom. The third-order valence-corrected chi connectivity index (χ3v) is 11.9. The summed E-state index contributed by atoms with van der Waals surface area (Å²) in [5.41, 5.74) is 2.54. The zero-order valence-electron chi connectivity index (χ0n) is 27.6. The molecule has 1 aliphatic rings. The van der Waals surface area contributed by atoms with Crippen molar-refractivity contribution in [2.24, 2.45) is 0 Å². The minimum absolute atomic E-state index is 0.00255. The molecule has 2 heterocycles. The first kappa shape index (κ1) is 36.4. The number of anilines is 3. The lowest BCUT2D eigenvalue weighted by molar-refractivity contribution is -0.115. The highest BCUT2D eigenvalue weighted by molar-refractivity contribution is 8.00. The number of aromatic nitrogens is 2. The molecule has 0 aliphatic carbocycles. The first-order valence-corrected chi connectivity index (χ1v) is 19.5. The Balaban J connectivity index is 1.23. The number of fused-ring (bicyclic) bond motifs is 1. The number of phenolic OH excluding ortho intramolecular Hbond substituents is 1. The Bertz CT molecular complexity index is 2550. The number of carbonyl (C=O) groups excluding carboxylic acids is 1. The van der Waals surface area contributed by atoms with E-state index in [-0.39, 0.29) is 51.2 Å². The van der Waals surface area contributed by atoms with Crippen LogP contribution in [0.15, 0.2) is 113 Å². The molecule has 1 aliphatic heterocycles. The molecule has 11 nitrogen and oxygen atoms in total. The highest BCUT2D eigenvalue weighted by Crippen LogP contribution is 2.44. The quantitative estimate of drug-likeness (QED) is 0.125. The molecule has 16 heteroatoms. The van der Waals surface area contributed by atoms with E-state index in [0.29, 0.717) is 37.7 Å². The van der Waals surface area contributed by atoms with Crippen molar-refractivity contribution < 1.29 is 23.1 Å². The number of hydrogen-bond donors (Lipinski definition) is 3. The molecular formula is C37H28Cl3N5O6S2. The molecule has 1 atom stereocenters. The number of phenols is 1. The van der Waals surface area contributed by atoms with Crippen LogP contribution in [0.2, 0.25) is 15.1 Å². The van der Waals surface area contributed by atoms with Crippen molar-refractivity contribution in [2.75, 3.05) is 27.9 Å². The molecule has 0 spiro atoms. The maximum Gasteiger partial charge on any atom is 0.280 e. The predicted octanol–water partition coefficient (Wildman–Crippen LogP) is 8.12. The molecule has 0 saturated carbocycles. The van der Waals surface area contributed by atoms with E-state index in [0.717, 1.165) is 10.2 Å². The summed E-state index contributed by atoms with van der Waals surface area (Å²) in [6.45, 7) is 0. The number of carbonyl (C=O) groups is 1. The number of thioether (sulfide) groups is 1. The van der Waals surface area contributed by atoms with Crippen LogP contribution < -0.4 is 25.3 Å². The Hall–Kier alpha value is -4.92. The van der Waals surface area contributed by atoms with E-state index in [2.05, 4.69) is 15.1 Å². The third-order valence-electron chi connectivity index (χ3n) is 8.48. The predicted molar refractivity (Wildman–Crippen MR) is 210 cm³/mol. The van der Waals surface area contributed by atoms with Crippen LogP contribution in [0, 0.1) is 0 Å². The summed E-state index contributed by atoms with van der Waals surface area (Å²) in [6, 6.07) is 27.5. The van der Waals surface area contributed by atoms with Crippen LogP contribution in [-0.4, -0.2) is 42.0 Å². The minimum Gasteiger partial charge on any atom is -0.504 e. The summed E-state index contributed by atoms with van der Waals surface area (Å²) in [7, 11) is -2.95. The summed E-state index contributed by atoms with van der Waals surface area (Å²) in [4.78, 5) is 35.5. The zero-order valence-corrected chi connectivity index (χ0v) is 31.5. The molecule has 1 fully saturated rings. The lowest BCUT2D eigenvalue weighted by atomic mass is 10.1. The van der Waals surface area contributed by atoms with Crippen LogP contribution in [-0.2, 0) is 21.2 Å². The van der Waals surface area contributed by atoms with Crippen LogP contribution in [0.25, 0.3) is 10.9 Å². The number of ether oxygens (including phenoxy) is 1. The van der Waals surface area contributed by atoms with Gasteiger partial charge >= 0.3 is 0 Å². The Kier molecular flexibility index (Phi) is 10.2. The Labute approximate surface area is 323 Å². The van der Waals surface area contributed by atoms with Crippen molar-refractivity contribution in [3.8, 4) is 11.5 Å². The lowest BCUT2D eigenvalue weighted by Crippen LogP contribution is -2.36. The zero-order chi connectivity index (χ0) is 37.4. The van der Waals surface area contributed by atoms with Gasteiger partial charge in [-0.05, 0) is 83.9 Å². The van der Waals surface area contributed by atoms with Gasteiger partial charge in [0.25, 0.3) is 15.6 Å². The number of nitrogens with zero attached hydrogens (tertiary/aromatic N) is 3. The van der Waals surface area contributed by atoms with Crippen molar-refractivity contribution in [3.63, 3.8) is 0 Å². The van der Waals surface area contributed by atoms with Gasteiger partial charge in [0.1, 0.15) is 11.2 Å². The van der Waals surface area contributed by atoms with E-state index in [1.807, 2.05) is 6.07 Å². The van der Waals surface area contributed by atoms with Gasteiger partial charge in [0, 0.05) is 22.8 Å². The highest BCUT2D eigenvalue weighted by atomic mass is 35.5. The van der Waals surface area contributed by atoms with Gasteiger partial charge in [0.2, 0.25) is 5.91 Å². The van der Waals surface area contributed by atoms with E-state index < -0.39 is 21.0 Å². The summed E-state index contributed by atoms with van der Waals surface area (Å²) >= 11 is 20.5. The van der Waals surface area contributed by atoms with Gasteiger partial charge in [-0.2, -0.15) is 13.1 Å². The van der Waals surface area contributed by atoms with E-state index >= 15 is 0 Å². The second kappa shape index (κ2) is 14.8. The number of amides is 1. The van der Waals surface area contributed by atoms with Crippen molar-refractivity contribution in [3.05, 3.63) is 146 Å². The summed E-state index contributed by atoms with van der Waals surface area (Å²) in [5, 5.41) is 14.2. The molecule has 0 bridgehead atoms. The molecule has 53 heavy (non-hydrogen) atoms. The normalized spacial score (nSPS) is 14.5. The molecule has 1 amide bonds. The van der Waals surface area contributed by atoms with Crippen LogP contribution in [0.3, 0.4) is 0 Å². The van der Waals surface area contributed by atoms with E-state index in [4.69, 9.17) is 39.5 Å². The average Bonchev–Trinajstić information content (AvgIpc) is 3.53. The highest BCUT2D eigenvalue weighted by Gasteiger charge is 2.35. The van der Waals surface area contributed by atoms with Gasteiger partial charge in [-0.3, -0.25) is 14.5 Å². The van der Waals surface area contributed by atoms with Gasteiger partial charge in [0.05, 0.1) is 44.4 Å². The molecule has 3 N–H and O–H groups in total. The fourth-order valence-electron chi connectivity index (χ4n) is 5.89. The first-order chi connectivity index (χ1) is 25.4. The SMILES string of the molecule is COc1cc(C2SCC(=O)N2c2ccc(S(=O)(=O)Nn3c(Cc4ccccc4Nc4c(Cl)cccc4Cl)nc4cc(Cl)ccc4c3=O)cc2)ccc1O. The molecule has 5 aromatic carbocycles. The monoisotopic (exact) mass is 807 g/mol. The van der Waals surface area contributed by atoms with Crippen LogP contribution in [0.1, 0.15) is 22.3 Å². The van der Waals surface area contributed by atoms with Crippen LogP contribution in [0.4, 0.5) is 17.1 Å². The molecule has 1 saturated heterocycles. The first-order valence-electron chi connectivity index (χ1n) is 15.9. The molecule has 1 aromatic heterocycles. The number of rotatable bonds is 10. The minimum atomic E-state index is -4.39. The summed E-state index contributed by atoms with van der Waals surface area (Å²) < 4.78 is 34.0. The molecule has 270 valence electrons. The largest absolute Gasteiger partial charge is 0.504 e. The van der Waals surface area contributed by atoms with Crippen molar-refractivity contribution in [1.82, 2.24) is 9.66 Å². The maximum absolute atomic E-state index is 14.0. The fourth-order valence-corrected chi connectivity index (χ4v) is 8.75. The van der Waals surface area contributed by atoms with Gasteiger partial charge in [0.15, 0.2) is 11.5 Å². The number of nitrogens with one attached hydrogen (secondary N) is 2. The van der Waals surface area contributed by atoms with Crippen LogP contribution >= 0.6 is 46.6 Å². The fraction of sp³-hybridized carbons (Fsp3) is 0.108. The number of halogens is 3. The van der Waals surface area contributed by atoms with Crippen LogP contribution in [0.5, 0.6) is 11.5 Å². The Morgan fingerprint density at radius 1 is 0.925 bits per heavy atom. The molecule has 0 radical (unpaired) electrons. The lowest BCUT2D eigenvalue weighted by Gasteiger charge is -2.25. The number of benzene rings is 5. The standard InChI is InChI=1S/C37H28Cl3N5O6S2/c1-51-32-17-22(9-16-31(32)46)37-44(34(47)20-52-37)24-11-13-25(14-12-24)53(49,50)43-45-33(41-30-19-23(38)10-15-26(30)36(45)48)18-21-5-2-3-8-29(21)42-35-27(39)6-4-7-28(35)40/h2-17,19,37,42-43,46H,18,20H2,1H3. The third kappa shape index (κ3) is 7.35.